The minimum atomic E-state index is -1.50. The van der Waals surface area contributed by atoms with Crippen LogP contribution in [0.1, 0.15) is 23.8 Å². The van der Waals surface area contributed by atoms with E-state index < -0.39 is 42.8 Å². The van der Waals surface area contributed by atoms with E-state index >= 15 is 0 Å². The molecule has 0 aliphatic carbocycles. The Morgan fingerprint density at radius 3 is 2.77 bits per heavy atom. The van der Waals surface area contributed by atoms with Crippen molar-refractivity contribution in [2.24, 2.45) is 0 Å². The molecule has 2 saturated heterocycles. The lowest BCUT2D eigenvalue weighted by Crippen LogP contribution is -2.58. The molecule has 6 N–H and O–H groups in total. The van der Waals surface area contributed by atoms with E-state index in [0.29, 0.717) is 5.56 Å². The smallest absolute Gasteiger partial charge is 0.350 e. The van der Waals surface area contributed by atoms with Gasteiger partial charge in [0.05, 0.1) is 17.5 Å². The van der Waals surface area contributed by atoms with Crippen LogP contribution in [0.3, 0.4) is 0 Å². The molecule has 1 aromatic rings. The van der Waals surface area contributed by atoms with Crippen LogP contribution in [0.4, 0.5) is 5.82 Å². The summed E-state index contributed by atoms with van der Waals surface area (Å²) >= 11 is 1.66. The molecule has 1 aromatic heterocycles. The van der Waals surface area contributed by atoms with Gasteiger partial charge in [0.2, 0.25) is 0 Å². The van der Waals surface area contributed by atoms with Crippen molar-refractivity contribution in [2.75, 3.05) is 18.1 Å². The molecule has 0 amide bonds. The number of anilines is 1. The second-order valence-electron chi connectivity index (χ2n) is 6.22. The van der Waals surface area contributed by atoms with Gasteiger partial charge in [-0.3, -0.25) is 4.57 Å². The zero-order chi connectivity index (χ0) is 18.8. The predicted octanol–water partition coefficient (Wildman–Crippen LogP) is -1.95. The van der Waals surface area contributed by atoms with Crippen molar-refractivity contribution in [1.82, 2.24) is 9.55 Å². The van der Waals surface area contributed by atoms with Crippen molar-refractivity contribution in [1.29, 1.82) is 0 Å². The number of aromatic nitrogens is 2. The number of nitrogens with zero attached hydrogens (tertiary/aromatic N) is 2. The number of nitrogens with two attached hydrogens (primary N) is 1. The monoisotopic (exact) mass is 383 g/mol. The fourth-order valence-electron chi connectivity index (χ4n) is 2.93. The highest BCUT2D eigenvalue weighted by Crippen LogP contribution is 2.34. The maximum absolute atomic E-state index is 12.1. The molecule has 3 heterocycles. The van der Waals surface area contributed by atoms with Crippen LogP contribution < -0.4 is 11.4 Å². The Labute approximate surface area is 153 Å². The van der Waals surface area contributed by atoms with Crippen molar-refractivity contribution < 1.29 is 25.2 Å². The van der Waals surface area contributed by atoms with Gasteiger partial charge < -0.3 is 30.9 Å². The fraction of sp³-hybridized carbons (Fsp3) is 0.625. The van der Waals surface area contributed by atoms with Gasteiger partial charge >= 0.3 is 5.69 Å². The van der Waals surface area contributed by atoms with Crippen molar-refractivity contribution in [2.45, 2.75) is 48.7 Å². The minimum absolute atomic E-state index is 0.0107. The first-order chi connectivity index (χ1) is 12.4. The SMILES string of the molecule is Nc1nc(=O)n(C2CCCS2)cc1C#C[C@H]1O[C@H](CO)[C@@H](O)[C@H](O)[C@@H]1O. The van der Waals surface area contributed by atoms with E-state index in [2.05, 4.69) is 16.8 Å². The lowest BCUT2D eigenvalue weighted by atomic mass is 9.95. The van der Waals surface area contributed by atoms with Gasteiger partial charge in [0.1, 0.15) is 36.3 Å². The topological polar surface area (TPSA) is 151 Å². The average molecular weight is 383 g/mol. The third kappa shape index (κ3) is 3.73. The van der Waals surface area contributed by atoms with E-state index in [4.69, 9.17) is 10.5 Å². The van der Waals surface area contributed by atoms with Gasteiger partial charge in [-0.1, -0.05) is 11.8 Å². The normalized spacial score (nSPS) is 34.3. The molecule has 2 aliphatic rings. The average Bonchev–Trinajstić information content (AvgIpc) is 3.15. The first kappa shape index (κ1) is 19.2. The summed E-state index contributed by atoms with van der Waals surface area (Å²) in [5, 5.41) is 38.8. The Morgan fingerprint density at radius 1 is 1.35 bits per heavy atom. The number of aliphatic hydroxyl groups is 4. The molecule has 26 heavy (non-hydrogen) atoms. The van der Waals surface area contributed by atoms with Gasteiger partial charge in [-0.05, 0) is 18.6 Å². The number of ether oxygens (including phenoxy) is 1. The van der Waals surface area contributed by atoms with Crippen molar-refractivity contribution in [3.8, 4) is 11.8 Å². The summed E-state index contributed by atoms with van der Waals surface area (Å²) in [6.07, 6.45) is -3.16. The van der Waals surface area contributed by atoms with Gasteiger partial charge in [0, 0.05) is 6.20 Å². The molecule has 0 saturated carbocycles. The van der Waals surface area contributed by atoms with Crippen LogP contribution in [-0.2, 0) is 4.74 Å². The third-order valence-corrected chi connectivity index (χ3v) is 5.81. The van der Waals surface area contributed by atoms with Crippen LogP contribution in [0, 0.1) is 11.8 Å². The minimum Gasteiger partial charge on any atom is -0.394 e. The summed E-state index contributed by atoms with van der Waals surface area (Å²) in [6.45, 7) is -0.531. The zero-order valence-corrected chi connectivity index (χ0v) is 14.7. The second kappa shape index (κ2) is 7.96. The lowest BCUT2D eigenvalue weighted by Gasteiger charge is -2.37. The van der Waals surface area contributed by atoms with Gasteiger partial charge in [-0.25, -0.2) is 4.79 Å². The molecule has 10 heteroatoms. The maximum atomic E-state index is 12.1. The number of thioether (sulfide) groups is 1. The molecule has 0 spiro atoms. The Morgan fingerprint density at radius 2 is 2.12 bits per heavy atom. The molecular formula is C16H21N3O6S. The van der Waals surface area contributed by atoms with Gasteiger partial charge in [-0.2, -0.15) is 4.98 Å². The number of rotatable bonds is 2. The molecule has 0 bridgehead atoms. The Bertz CT molecular complexity index is 767. The summed E-state index contributed by atoms with van der Waals surface area (Å²) in [7, 11) is 0. The maximum Gasteiger partial charge on any atom is 0.350 e. The van der Waals surface area contributed by atoms with Crippen LogP contribution in [0.5, 0.6) is 0 Å². The molecule has 1 unspecified atom stereocenters. The van der Waals surface area contributed by atoms with Gasteiger partial charge in [0.25, 0.3) is 0 Å². The van der Waals surface area contributed by atoms with E-state index in [1.54, 1.807) is 11.8 Å². The Hall–Kier alpha value is -1.61. The molecular weight excluding hydrogens is 362 g/mol. The Balaban J connectivity index is 1.87. The summed E-state index contributed by atoms with van der Waals surface area (Å²) in [6, 6.07) is 0. The summed E-state index contributed by atoms with van der Waals surface area (Å²) in [5.41, 5.74) is 5.63. The predicted molar refractivity (Wildman–Crippen MR) is 94.3 cm³/mol. The van der Waals surface area contributed by atoms with Crippen LogP contribution in [0.15, 0.2) is 11.0 Å². The third-order valence-electron chi connectivity index (χ3n) is 4.44. The van der Waals surface area contributed by atoms with E-state index in [-0.39, 0.29) is 11.2 Å². The zero-order valence-electron chi connectivity index (χ0n) is 13.9. The van der Waals surface area contributed by atoms with Crippen LogP contribution in [0.25, 0.3) is 0 Å². The molecule has 3 rings (SSSR count). The van der Waals surface area contributed by atoms with Crippen molar-refractivity contribution >= 4 is 17.6 Å². The highest BCUT2D eigenvalue weighted by Gasteiger charge is 2.42. The van der Waals surface area contributed by atoms with Crippen molar-refractivity contribution in [3.63, 3.8) is 0 Å². The number of hydrogen-bond donors (Lipinski definition) is 5. The highest BCUT2D eigenvalue weighted by atomic mass is 32.2. The largest absolute Gasteiger partial charge is 0.394 e. The van der Waals surface area contributed by atoms with Gasteiger partial charge in [0.15, 0.2) is 0 Å². The molecule has 0 radical (unpaired) electrons. The summed E-state index contributed by atoms with van der Waals surface area (Å²) in [4.78, 5) is 15.9. The molecule has 6 atom stereocenters. The number of hydrogen-bond acceptors (Lipinski definition) is 9. The van der Waals surface area contributed by atoms with Crippen LogP contribution in [-0.4, -0.2) is 72.9 Å². The van der Waals surface area contributed by atoms with Crippen molar-refractivity contribution in [3.05, 3.63) is 22.2 Å². The standard InChI is InChI=1S/C16H21N3O6S/c17-15-8(6-19(16(24)18-15)11-2-1-5-26-11)3-4-9-12(21)14(23)13(22)10(7-20)25-9/h6,9-14,20-23H,1-2,5,7H2,(H2,17,18,24)/t9-,10-,11?,12-,13-,14-/m1/s1. The van der Waals surface area contributed by atoms with E-state index in [9.17, 15) is 25.2 Å². The summed E-state index contributed by atoms with van der Waals surface area (Å²) in [5.74, 6) is 6.28. The molecule has 2 aliphatic heterocycles. The molecule has 142 valence electrons. The molecule has 2 fully saturated rings. The van der Waals surface area contributed by atoms with Gasteiger partial charge in [-0.15, -0.1) is 11.8 Å². The van der Waals surface area contributed by atoms with E-state index in [0.717, 1.165) is 18.6 Å². The van der Waals surface area contributed by atoms with Crippen LogP contribution in [0.2, 0.25) is 0 Å². The quantitative estimate of drug-likeness (QED) is 0.367. The van der Waals surface area contributed by atoms with E-state index in [1.165, 1.54) is 10.8 Å². The first-order valence-corrected chi connectivity index (χ1v) is 9.29. The lowest BCUT2D eigenvalue weighted by molar-refractivity contribution is -0.214. The fourth-order valence-corrected chi connectivity index (χ4v) is 4.18. The summed E-state index contributed by atoms with van der Waals surface area (Å²) < 4.78 is 6.82. The number of aliphatic hydroxyl groups excluding tert-OH is 4. The highest BCUT2D eigenvalue weighted by molar-refractivity contribution is 7.99. The molecule has 9 nitrogen and oxygen atoms in total. The Kier molecular flexibility index (Phi) is 5.86. The van der Waals surface area contributed by atoms with E-state index in [1.807, 2.05) is 0 Å². The second-order valence-corrected chi connectivity index (χ2v) is 7.50. The van der Waals surface area contributed by atoms with Crippen LogP contribution >= 0.6 is 11.8 Å². The molecule has 0 aromatic carbocycles. The number of nitrogen functional groups attached to an aromatic ring is 1. The first-order valence-electron chi connectivity index (χ1n) is 8.24.